The Morgan fingerprint density at radius 2 is 2.09 bits per heavy atom. The molecule has 0 bridgehead atoms. The summed E-state index contributed by atoms with van der Waals surface area (Å²) in [7, 11) is 1.83. The van der Waals surface area contributed by atoms with Crippen molar-refractivity contribution in [3.05, 3.63) is 48.2 Å². The lowest BCUT2D eigenvalue weighted by molar-refractivity contribution is 0.0690. The first-order chi connectivity index (χ1) is 10.6. The van der Waals surface area contributed by atoms with E-state index in [1.54, 1.807) is 18.2 Å². The number of benzene rings is 1. The van der Waals surface area contributed by atoms with Crippen LogP contribution in [0.3, 0.4) is 0 Å². The van der Waals surface area contributed by atoms with Crippen molar-refractivity contribution in [3.8, 4) is 0 Å². The van der Waals surface area contributed by atoms with Gasteiger partial charge in [-0.3, -0.25) is 0 Å². The largest absolute Gasteiger partial charge is 0.476 e. The Morgan fingerprint density at radius 3 is 2.73 bits per heavy atom. The second-order valence-electron chi connectivity index (χ2n) is 4.75. The summed E-state index contributed by atoms with van der Waals surface area (Å²) in [4.78, 5) is 20.2. The zero-order valence-electron chi connectivity index (χ0n) is 12.2. The molecule has 2 aromatic rings. The fourth-order valence-corrected chi connectivity index (χ4v) is 1.94. The lowest BCUT2D eigenvalue weighted by Crippen LogP contribution is -2.22. The highest BCUT2D eigenvalue weighted by Crippen LogP contribution is 2.16. The number of hydrogen-bond acceptors (Lipinski definition) is 5. The molecule has 0 unspecified atom stereocenters. The minimum absolute atomic E-state index is 0.0927. The minimum atomic E-state index is -1.11. The SMILES string of the molecule is CN(CCCNc1cnc(C(=O)O)cn1)c1ccccc1F. The van der Waals surface area contributed by atoms with Crippen molar-refractivity contribution in [2.45, 2.75) is 6.42 Å². The highest BCUT2D eigenvalue weighted by molar-refractivity contribution is 5.84. The van der Waals surface area contributed by atoms with Gasteiger partial charge in [0.25, 0.3) is 0 Å². The summed E-state index contributed by atoms with van der Waals surface area (Å²) in [5.41, 5.74) is 0.470. The first-order valence-electron chi connectivity index (χ1n) is 6.83. The van der Waals surface area contributed by atoms with E-state index in [1.165, 1.54) is 18.5 Å². The Bertz CT molecular complexity index is 634. The molecule has 0 radical (unpaired) electrons. The zero-order valence-corrected chi connectivity index (χ0v) is 12.2. The molecule has 0 fully saturated rings. The Morgan fingerprint density at radius 1 is 1.32 bits per heavy atom. The van der Waals surface area contributed by atoms with Gasteiger partial charge in [0.1, 0.15) is 11.6 Å². The number of aromatic nitrogens is 2. The van der Waals surface area contributed by atoms with Gasteiger partial charge in [-0.1, -0.05) is 12.1 Å². The van der Waals surface area contributed by atoms with E-state index >= 15 is 0 Å². The van der Waals surface area contributed by atoms with Crippen LogP contribution in [0.15, 0.2) is 36.7 Å². The smallest absolute Gasteiger partial charge is 0.356 e. The van der Waals surface area contributed by atoms with Crippen LogP contribution >= 0.6 is 0 Å². The van der Waals surface area contributed by atoms with Gasteiger partial charge in [-0.2, -0.15) is 0 Å². The molecule has 0 saturated heterocycles. The molecule has 2 N–H and O–H groups in total. The number of carboxylic acid groups (broad SMARTS) is 1. The quantitative estimate of drug-likeness (QED) is 0.764. The number of halogens is 1. The highest BCUT2D eigenvalue weighted by Gasteiger charge is 2.06. The molecule has 0 atom stereocenters. The number of nitrogens with zero attached hydrogens (tertiary/aromatic N) is 3. The van der Waals surface area contributed by atoms with Crippen molar-refractivity contribution in [1.82, 2.24) is 9.97 Å². The molecule has 0 aliphatic heterocycles. The minimum Gasteiger partial charge on any atom is -0.476 e. The standard InChI is InChI=1S/C15H17FN4O2/c1-20(13-6-3-2-5-11(13)16)8-4-7-17-14-10-18-12(9-19-14)15(21)22/h2-3,5-6,9-10H,4,7-8H2,1H3,(H,17,19)(H,21,22). The summed E-state index contributed by atoms with van der Waals surface area (Å²) in [5, 5.41) is 11.8. The van der Waals surface area contributed by atoms with E-state index in [-0.39, 0.29) is 11.5 Å². The second-order valence-corrected chi connectivity index (χ2v) is 4.75. The van der Waals surface area contributed by atoms with E-state index in [2.05, 4.69) is 15.3 Å². The molecule has 6 nitrogen and oxygen atoms in total. The van der Waals surface area contributed by atoms with Gasteiger partial charge < -0.3 is 15.3 Å². The zero-order chi connectivity index (χ0) is 15.9. The van der Waals surface area contributed by atoms with Crippen LogP contribution < -0.4 is 10.2 Å². The lowest BCUT2D eigenvalue weighted by Gasteiger charge is -2.19. The number of nitrogens with one attached hydrogen (secondary N) is 1. The average Bonchev–Trinajstić information content (AvgIpc) is 2.52. The summed E-state index contributed by atoms with van der Waals surface area (Å²) in [6.07, 6.45) is 3.35. The molecule has 0 aliphatic carbocycles. The molecule has 116 valence electrons. The van der Waals surface area contributed by atoms with Crippen LogP contribution in [0.4, 0.5) is 15.9 Å². The molecular weight excluding hydrogens is 287 g/mol. The van der Waals surface area contributed by atoms with Crippen LogP contribution in [0.25, 0.3) is 0 Å². The molecule has 0 aliphatic rings. The summed E-state index contributed by atoms with van der Waals surface area (Å²) in [6, 6.07) is 6.63. The molecule has 0 spiro atoms. The molecule has 1 aromatic carbocycles. The maximum atomic E-state index is 13.6. The van der Waals surface area contributed by atoms with E-state index in [0.717, 1.165) is 6.42 Å². The van der Waals surface area contributed by atoms with Crippen molar-refractivity contribution in [3.63, 3.8) is 0 Å². The van der Waals surface area contributed by atoms with E-state index in [4.69, 9.17) is 5.11 Å². The number of aromatic carboxylic acids is 1. The maximum absolute atomic E-state index is 13.6. The lowest BCUT2D eigenvalue weighted by atomic mass is 10.2. The predicted molar refractivity (Wildman–Crippen MR) is 81.8 cm³/mol. The number of para-hydroxylation sites is 1. The summed E-state index contributed by atoms with van der Waals surface area (Å²) in [5.74, 6) is -0.836. The molecule has 1 aromatic heterocycles. The summed E-state index contributed by atoms with van der Waals surface area (Å²) < 4.78 is 13.6. The molecule has 22 heavy (non-hydrogen) atoms. The third-order valence-electron chi connectivity index (χ3n) is 3.11. The molecule has 0 saturated carbocycles. The van der Waals surface area contributed by atoms with Crippen molar-refractivity contribution < 1.29 is 14.3 Å². The first-order valence-corrected chi connectivity index (χ1v) is 6.83. The van der Waals surface area contributed by atoms with E-state index < -0.39 is 5.97 Å². The number of carboxylic acids is 1. The fraction of sp³-hybridized carbons (Fsp3) is 0.267. The van der Waals surface area contributed by atoms with Gasteiger partial charge in [0.05, 0.1) is 18.1 Å². The molecule has 7 heteroatoms. The number of hydrogen-bond donors (Lipinski definition) is 2. The van der Waals surface area contributed by atoms with Gasteiger partial charge in [0, 0.05) is 20.1 Å². The van der Waals surface area contributed by atoms with Crippen LogP contribution in [0.2, 0.25) is 0 Å². The van der Waals surface area contributed by atoms with Gasteiger partial charge in [-0.05, 0) is 18.6 Å². The summed E-state index contributed by atoms with van der Waals surface area (Å²) in [6.45, 7) is 1.30. The van der Waals surface area contributed by atoms with Crippen molar-refractivity contribution in [1.29, 1.82) is 0 Å². The number of anilines is 2. The third-order valence-corrected chi connectivity index (χ3v) is 3.11. The number of carbonyl (C=O) groups is 1. The monoisotopic (exact) mass is 304 g/mol. The van der Waals surface area contributed by atoms with Gasteiger partial charge in [-0.15, -0.1) is 0 Å². The van der Waals surface area contributed by atoms with Crippen LogP contribution in [0.1, 0.15) is 16.9 Å². The molecular formula is C15H17FN4O2. The Balaban J connectivity index is 1.77. The topological polar surface area (TPSA) is 78.4 Å². The van der Waals surface area contributed by atoms with Crippen LogP contribution in [0.5, 0.6) is 0 Å². The van der Waals surface area contributed by atoms with Crippen LogP contribution in [-0.4, -0.2) is 41.2 Å². The Hall–Kier alpha value is -2.70. The van der Waals surface area contributed by atoms with Gasteiger partial charge in [-0.25, -0.2) is 19.2 Å². The van der Waals surface area contributed by atoms with E-state index in [9.17, 15) is 9.18 Å². The van der Waals surface area contributed by atoms with Gasteiger partial charge >= 0.3 is 5.97 Å². The highest BCUT2D eigenvalue weighted by atomic mass is 19.1. The second kappa shape index (κ2) is 7.35. The first kappa shape index (κ1) is 15.7. The number of rotatable bonds is 7. The third kappa shape index (κ3) is 4.15. The normalized spacial score (nSPS) is 10.3. The Kier molecular flexibility index (Phi) is 5.24. The van der Waals surface area contributed by atoms with Crippen LogP contribution in [-0.2, 0) is 0 Å². The van der Waals surface area contributed by atoms with E-state index in [1.807, 2.05) is 11.9 Å². The predicted octanol–water partition coefficient (Wildman–Crippen LogP) is 2.25. The molecule has 0 amide bonds. The van der Waals surface area contributed by atoms with Crippen molar-refractivity contribution in [2.75, 3.05) is 30.4 Å². The fourth-order valence-electron chi connectivity index (χ4n) is 1.94. The van der Waals surface area contributed by atoms with Gasteiger partial charge in [0.15, 0.2) is 5.69 Å². The molecule has 1 heterocycles. The van der Waals surface area contributed by atoms with E-state index in [0.29, 0.717) is 24.6 Å². The summed E-state index contributed by atoms with van der Waals surface area (Å²) >= 11 is 0. The average molecular weight is 304 g/mol. The van der Waals surface area contributed by atoms with Crippen molar-refractivity contribution >= 4 is 17.5 Å². The Labute approximate surface area is 127 Å². The molecule has 2 rings (SSSR count). The van der Waals surface area contributed by atoms with Gasteiger partial charge in [0.2, 0.25) is 0 Å². The van der Waals surface area contributed by atoms with Crippen molar-refractivity contribution in [2.24, 2.45) is 0 Å². The maximum Gasteiger partial charge on any atom is 0.356 e. The van der Waals surface area contributed by atoms with Crippen LogP contribution in [0, 0.1) is 5.82 Å².